The van der Waals surface area contributed by atoms with E-state index in [-0.39, 0.29) is 12.7 Å². The summed E-state index contributed by atoms with van der Waals surface area (Å²) in [6, 6.07) is 7.12. The van der Waals surface area contributed by atoms with Gasteiger partial charge in [0.1, 0.15) is 6.10 Å². The van der Waals surface area contributed by atoms with Crippen LogP contribution >= 0.6 is 0 Å². The zero-order valence-corrected chi connectivity index (χ0v) is 16.5. The number of hydrogen-bond acceptors (Lipinski definition) is 5. The second-order valence-corrected chi connectivity index (χ2v) is 7.88. The first-order valence-corrected chi connectivity index (χ1v) is 9.42. The standard InChI is InChI=1S/C21H31NO4/c1-14(2)18-10-9-15(3)11-19(18)26-20(23)13-25-21(24)16-7-6-8-17(12-16)22(4)5/h6-8,12,14-15,18-19H,9-11,13H2,1-5H3/t15-,18-,19+/m0/s1. The fraction of sp³-hybridized carbons (Fsp3) is 0.619. The first-order chi connectivity index (χ1) is 12.3. The summed E-state index contributed by atoms with van der Waals surface area (Å²) in [4.78, 5) is 26.3. The Hall–Kier alpha value is -2.04. The summed E-state index contributed by atoms with van der Waals surface area (Å²) in [6.07, 6.45) is 3.05. The molecule has 1 aliphatic rings. The summed E-state index contributed by atoms with van der Waals surface area (Å²) in [5.41, 5.74) is 1.33. The molecule has 5 nitrogen and oxygen atoms in total. The zero-order valence-electron chi connectivity index (χ0n) is 16.5. The Bertz CT molecular complexity index is 626. The van der Waals surface area contributed by atoms with Crippen LogP contribution in [0.15, 0.2) is 24.3 Å². The molecule has 3 atom stereocenters. The van der Waals surface area contributed by atoms with E-state index in [1.165, 1.54) is 6.42 Å². The van der Waals surface area contributed by atoms with Gasteiger partial charge < -0.3 is 14.4 Å². The number of ether oxygens (including phenoxy) is 2. The number of esters is 2. The molecular formula is C21H31NO4. The van der Waals surface area contributed by atoms with Crippen molar-refractivity contribution in [2.24, 2.45) is 17.8 Å². The molecule has 1 aromatic rings. The van der Waals surface area contributed by atoms with Gasteiger partial charge in [-0.3, -0.25) is 0 Å². The van der Waals surface area contributed by atoms with Crippen molar-refractivity contribution in [3.8, 4) is 0 Å². The quantitative estimate of drug-likeness (QED) is 0.719. The molecular weight excluding hydrogens is 330 g/mol. The summed E-state index contributed by atoms with van der Waals surface area (Å²) in [5, 5.41) is 0. The van der Waals surface area contributed by atoms with Crippen LogP contribution in [0, 0.1) is 17.8 Å². The second kappa shape index (κ2) is 9.06. The highest BCUT2D eigenvalue weighted by atomic mass is 16.6. The number of hydrogen-bond donors (Lipinski definition) is 0. The van der Waals surface area contributed by atoms with E-state index in [1.54, 1.807) is 18.2 Å². The monoisotopic (exact) mass is 361 g/mol. The average molecular weight is 361 g/mol. The Morgan fingerprint density at radius 2 is 1.96 bits per heavy atom. The molecule has 0 aromatic heterocycles. The van der Waals surface area contributed by atoms with Gasteiger partial charge in [0.2, 0.25) is 0 Å². The van der Waals surface area contributed by atoms with E-state index in [2.05, 4.69) is 20.8 Å². The fourth-order valence-corrected chi connectivity index (χ4v) is 3.57. The van der Waals surface area contributed by atoms with Crippen LogP contribution in [0.5, 0.6) is 0 Å². The first kappa shape index (κ1) is 20.3. The molecule has 0 spiro atoms. The van der Waals surface area contributed by atoms with Crippen molar-refractivity contribution in [2.75, 3.05) is 25.6 Å². The van der Waals surface area contributed by atoms with Crippen LogP contribution < -0.4 is 4.90 Å². The number of anilines is 1. The number of rotatable bonds is 6. The Balaban J connectivity index is 1.89. The number of carbonyl (C=O) groups is 2. The van der Waals surface area contributed by atoms with E-state index in [0.717, 1.165) is 18.5 Å². The Morgan fingerprint density at radius 3 is 2.62 bits per heavy atom. The summed E-state index contributed by atoms with van der Waals surface area (Å²) in [6.45, 7) is 6.17. The largest absolute Gasteiger partial charge is 0.460 e. The number of nitrogens with zero attached hydrogens (tertiary/aromatic N) is 1. The summed E-state index contributed by atoms with van der Waals surface area (Å²) in [5.74, 6) is 0.424. The molecule has 0 N–H and O–H groups in total. The number of carbonyl (C=O) groups excluding carboxylic acids is 2. The fourth-order valence-electron chi connectivity index (χ4n) is 3.57. The zero-order chi connectivity index (χ0) is 19.3. The molecule has 0 aliphatic heterocycles. The minimum atomic E-state index is -0.511. The molecule has 26 heavy (non-hydrogen) atoms. The third kappa shape index (κ3) is 5.48. The van der Waals surface area contributed by atoms with Gasteiger partial charge in [-0.15, -0.1) is 0 Å². The lowest BCUT2D eigenvalue weighted by atomic mass is 9.75. The normalized spacial score (nSPS) is 22.8. The van der Waals surface area contributed by atoms with Crippen molar-refractivity contribution in [3.63, 3.8) is 0 Å². The van der Waals surface area contributed by atoms with Crippen molar-refractivity contribution >= 4 is 17.6 Å². The maximum atomic E-state index is 12.2. The van der Waals surface area contributed by atoms with Crippen LogP contribution in [0.4, 0.5) is 5.69 Å². The molecule has 0 saturated heterocycles. The first-order valence-electron chi connectivity index (χ1n) is 9.42. The van der Waals surface area contributed by atoms with Gasteiger partial charge in [-0.1, -0.05) is 33.3 Å². The summed E-state index contributed by atoms with van der Waals surface area (Å²) in [7, 11) is 3.80. The van der Waals surface area contributed by atoms with Gasteiger partial charge >= 0.3 is 11.9 Å². The van der Waals surface area contributed by atoms with Crippen molar-refractivity contribution in [2.45, 2.75) is 46.1 Å². The van der Waals surface area contributed by atoms with E-state index in [0.29, 0.717) is 23.3 Å². The molecule has 0 amide bonds. The molecule has 5 heteroatoms. The maximum Gasteiger partial charge on any atom is 0.344 e. The van der Waals surface area contributed by atoms with Crippen LogP contribution in [-0.4, -0.2) is 38.7 Å². The molecule has 0 unspecified atom stereocenters. The van der Waals surface area contributed by atoms with Crippen LogP contribution in [0.1, 0.15) is 50.4 Å². The minimum Gasteiger partial charge on any atom is -0.460 e. The SMILES string of the molecule is CC(C)[C@@H]1CC[C@H](C)C[C@H]1OC(=O)COC(=O)c1cccc(N(C)C)c1. The third-order valence-electron chi connectivity index (χ3n) is 5.16. The average Bonchev–Trinajstić information content (AvgIpc) is 2.59. The van der Waals surface area contributed by atoms with E-state index >= 15 is 0 Å². The van der Waals surface area contributed by atoms with Gasteiger partial charge in [0.15, 0.2) is 6.61 Å². The molecule has 1 saturated carbocycles. The molecule has 144 valence electrons. The van der Waals surface area contributed by atoms with Gasteiger partial charge in [0, 0.05) is 19.8 Å². The molecule has 1 aliphatic carbocycles. The van der Waals surface area contributed by atoms with Gasteiger partial charge in [0.05, 0.1) is 5.56 Å². The predicted octanol–water partition coefficient (Wildman–Crippen LogP) is 3.91. The van der Waals surface area contributed by atoms with Gasteiger partial charge in [0.25, 0.3) is 0 Å². The van der Waals surface area contributed by atoms with Gasteiger partial charge in [-0.05, 0) is 48.8 Å². The van der Waals surface area contributed by atoms with E-state index in [1.807, 2.05) is 25.1 Å². The highest BCUT2D eigenvalue weighted by Crippen LogP contribution is 2.35. The lowest BCUT2D eigenvalue weighted by Crippen LogP contribution is -2.36. The molecule has 0 bridgehead atoms. The summed E-state index contributed by atoms with van der Waals surface area (Å²) >= 11 is 0. The Morgan fingerprint density at radius 1 is 1.23 bits per heavy atom. The number of benzene rings is 1. The van der Waals surface area contributed by atoms with E-state index in [9.17, 15) is 9.59 Å². The predicted molar refractivity (Wildman–Crippen MR) is 102 cm³/mol. The van der Waals surface area contributed by atoms with Crippen molar-refractivity contribution in [3.05, 3.63) is 29.8 Å². The molecule has 0 heterocycles. The highest BCUT2D eigenvalue weighted by Gasteiger charge is 2.33. The maximum absolute atomic E-state index is 12.2. The van der Waals surface area contributed by atoms with Gasteiger partial charge in [-0.2, -0.15) is 0 Å². The molecule has 2 rings (SSSR count). The smallest absolute Gasteiger partial charge is 0.344 e. The highest BCUT2D eigenvalue weighted by molar-refractivity contribution is 5.91. The van der Waals surface area contributed by atoms with Gasteiger partial charge in [-0.25, -0.2) is 9.59 Å². The topological polar surface area (TPSA) is 55.8 Å². The molecule has 1 aromatic carbocycles. The van der Waals surface area contributed by atoms with E-state index < -0.39 is 11.9 Å². The van der Waals surface area contributed by atoms with Crippen LogP contribution in [-0.2, 0) is 14.3 Å². The third-order valence-corrected chi connectivity index (χ3v) is 5.16. The van der Waals surface area contributed by atoms with Crippen LogP contribution in [0.2, 0.25) is 0 Å². The van der Waals surface area contributed by atoms with Crippen LogP contribution in [0.3, 0.4) is 0 Å². The van der Waals surface area contributed by atoms with Crippen molar-refractivity contribution in [1.82, 2.24) is 0 Å². The van der Waals surface area contributed by atoms with E-state index in [4.69, 9.17) is 9.47 Å². The lowest BCUT2D eigenvalue weighted by molar-refractivity contribution is -0.159. The van der Waals surface area contributed by atoms with Crippen molar-refractivity contribution in [1.29, 1.82) is 0 Å². The Kier molecular flexibility index (Phi) is 7.06. The molecule has 1 fully saturated rings. The van der Waals surface area contributed by atoms with Crippen molar-refractivity contribution < 1.29 is 19.1 Å². The minimum absolute atomic E-state index is 0.0815. The second-order valence-electron chi connectivity index (χ2n) is 7.88. The van der Waals surface area contributed by atoms with Crippen LogP contribution in [0.25, 0.3) is 0 Å². The lowest BCUT2D eigenvalue weighted by Gasteiger charge is -2.36. The molecule has 0 radical (unpaired) electrons. The Labute approximate surface area is 156 Å². The summed E-state index contributed by atoms with van der Waals surface area (Å²) < 4.78 is 10.8.